The van der Waals surface area contributed by atoms with Gasteiger partial charge in [-0.25, -0.2) is 9.59 Å². The summed E-state index contributed by atoms with van der Waals surface area (Å²) in [6.45, 7) is 4.58. The molecule has 0 atom stereocenters. The van der Waals surface area contributed by atoms with Crippen molar-refractivity contribution < 1.29 is 50.9 Å². The molecule has 1 saturated heterocycles. The minimum Gasteiger partial charge on any atom is -0.497 e. The van der Waals surface area contributed by atoms with Crippen LogP contribution in [0.15, 0.2) is 35.0 Å². The summed E-state index contributed by atoms with van der Waals surface area (Å²) in [7, 11) is 4.07. The zero-order valence-electron chi connectivity index (χ0n) is 20.6. The molecule has 4 rings (SSSR count). The second-order valence-electron chi connectivity index (χ2n) is 8.74. The standard InChI is InChI=1S/C20H26N2OS.2C2HF3O2/c1-21-9-5-17-3-4-18(23-2)13-19(17)20(21)7-10-22(11-8-20)14-16-6-12-24-15-16;2*3-2(4,5)1(6)7/h3-4,6,12-13,15H,5,7-11,14H2,1-2H3;2*(H,6,7). The third kappa shape index (κ3) is 8.33. The number of aliphatic carboxylic acids is 2. The summed E-state index contributed by atoms with van der Waals surface area (Å²) in [5, 5.41) is 18.7. The Morgan fingerprint density at radius 2 is 1.55 bits per heavy atom. The maximum absolute atomic E-state index is 10.6. The molecular formula is C24H28F6N2O5S. The number of carboxylic acids is 2. The summed E-state index contributed by atoms with van der Waals surface area (Å²) >= 11 is 1.80. The van der Waals surface area contributed by atoms with Crippen LogP contribution in [-0.4, -0.2) is 78.1 Å². The average molecular weight is 571 g/mol. The Hall–Kier alpha value is -2.84. The van der Waals surface area contributed by atoms with E-state index in [1.54, 1.807) is 18.4 Å². The van der Waals surface area contributed by atoms with Gasteiger partial charge in [0.25, 0.3) is 0 Å². The van der Waals surface area contributed by atoms with Crippen LogP contribution in [0.25, 0.3) is 0 Å². The number of likely N-dealkylation sites (N-methyl/N-ethyl adjacent to an activating group) is 1. The topological polar surface area (TPSA) is 90.3 Å². The highest BCUT2D eigenvalue weighted by Crippen LogP contribution is 2.44. The van der Waals surface area contributed by atoms with Gasteiger partial charge in [0, 0.05) is 31.7 Å². The summed E-state index contributed by atoms with van der Waals surface area (Å²) in [6.07, 6.45) is -6.61. The van der Waals surface area contributed by atoms with Crippen LogP contribution >= 0.6 is 11.3 Å². The molecule has 1 aromatic heterocycles. The molecule has 1 aromatic carbocycles. The normalized spacial score (nSPS) is 17.4. The molecule has 0 saturated carbocycles. The number of carboxylic acid groups (broad SMARTS) is 2. The van der Waals surface area contributed by atoms with Crippen molar-refractivity contribution in [3.63, 3.8) is 0 Å². The Bertz CT molecular complexity index is 1040. The van der Waals surface area contributed by atoms with Gasteiger partial charge in [-0.3, -0.25) is 9.80 Å². The van der Waals surface area contributed by atoms with Gasteiger partial charge in [0.05, 0.1) is 7.11 Å². The molecule has 2 aromatic rings. The monoisotopic (exact) mass is 570 g/mol. The Balaban J connectivity index is 0.000000301. The molecule has 0 unspecified atom stereocenters. The van der Waals surface area contributed by atoms with Gasteiger partial charge in [-0.05, 0) is 72.0 Å². The molecule has 2 aliphatic heterocycles. The summed E-state index contributed by atoms with van der Waals surface area (Å²) in [6, 6.07) is 8.94. The Morgan fingerprint density at radius 3 is 2.00 bits per heavy atom. The van der Waals surface area contributed by atoms with Gasteiger partial charge < -0.3 is 14.9 Å². The largest absolute Gasteiger partial charge is 0.497 e. The van der Waals surface area contributed by atoms with Crippen LogP contribution in [0.1, 0.15) is 29.5 Å². The first kappa shape index (κ1) is 31.4. The van der Waals surface area contributed by atoms with Crippen molar-refractivity contribution in [1.29, 1.82) is 0 Å². The number of piperidine rings is 1. The summed E-state index contributed by atoms with van der Waals surface area (Å²) in [5.74, 6) is -4.52. The lowest BCUT2D eigenvalue weighted by Crippen LogP contribution is -2.54. The summed E-state index contributed by atoms with van der Waals surface area (Å²) in [4.78, 5) is 23.0. The number of thiophene rings is 1. The fourth-order valence-corrected chi connectivity index (χ4v) is 5.07. The maximum Gasteiger partial charge on any atom is 0.490 e. The zero-order valence-corrected chi connectivity index (χ0v) is 21.4. The van der Waals surface area contributed by atoms with Crippen molar-refractivity contribution >= 4 is 23.3 Å². The van der Waals surface area contributed by atoms with Crippen molar-refractivity contribution in [3.8, 4) is 5.75 Å². The molecule has 1 spiro atoms. The van der Waals surface area contributed by atoms with Gasteiger partial charge in [-0.2, -0.15) is 37.7 Å². The fraction of sp³-hybridized carbons (Fsp3) is 0.500. The number of hydrogen-bond acceptors (Lipinski definition) is 6. The van der Waals surface area contributed by atoms with E-state index in [0.717, 1.165) is 38.3 Å². The lowest BCUT2D eigenvalue weighted by atomic mass is 9.74. The van der Waals surface area contributed by atoms with Gasteiger partial charge in [-0.1, -0.05) is 6.07 Å². The van der Waals surface area contributed by atoms with E-state index in [0.29, 0.717) is 0 Å². The number of alkyl halides is 6. The number of likely N-dealkylation sites (tertiary alicyclic amines) is 1. The molecule has 0 aliphatic carbocycles. The molecule has 7 nitrogen and oxygen atoms in total. The van der Waals surface area contributed by atoms with E-state index in [1.165, 1.54) is 29.5 Å². The van der Waals surface area contributed by atoms with Gasteiger partial charge >= 0.3 is 24.3 Å². The zero-order chi connectivity index (χ0) is 28.7. The van der Waals surface area contributed by atoms with Crippen LogP contribution in [-0.2, 0) is 28.1 Å². The molecule has 3 heterocycles. The van der Waals surface area contributed by atoms with Crippen molar-refractivity contribution in [3.05, 3.63) is 51.7 Å². The average Bonchev–Trinajstić information content (AvgIpc) is 3.35. The van der Waals surface area contributed by atoms with Crippen LogP contribution < -0.4 is 4.74 Å². The Labute approximate surface area is 219 Å². The quantitative estimate of drug-likeness (QED) is 0.502. The fourth-order valence-electron chi connectivity index (χ4n) is 4.41. The second-order valence-corrected chi connectivity index (χ2v) is 9.52. The summed E-state index contributed by atoms with van der Waals surface area (Å²) < 4.78 is 69.0. The lowest BCUT2D eigenvalue weighted by molar-refractivity contribution is -0.193. The number of methoxy groups -OCH3 is 1. The third-order valence-electron chi connectivity index (χ3n) is 6.42. The van der Waals surface area contributed by atoms with Gasteiger partial charge in [-0.15, -0.1) is 0 Å². The van der Waals surface area contributed by atoms with Crippen LogP contribution in [0, 0.1) is 0 Å². The molecule has 212 valence electrons. The molecule has 2 aliphatic rings. The molecule has 0 bridgehead atoms. The van der Waals surface area contributed by atoms with E-state index in [2.05, 4.69) is 51.9 Å². The molecule has 1 fully saturated rings. The van der Waals surface area contributed by atoms with Gasteiger partial charge in [0.1, 0.15) is 5.75 Å². The molecular weight excluding hydrogens is 542 g/mol. The number of hydrogen-bond donors (Lipinski definition) is 2. The van der Waals surface area contributed by atoms with Crippen LogP contribution in [0.5, 0.6) is 5.75 Å². The Morgan fingerprint density at radius 1 is 1.00 bits per heavy atom. The first-order chi connectivity index (χ1) is 17.6. The SMILES string of the molecule is COc1ccc2c(c1)C1(CCN(Cc3ccsc3)CC1)N(C)CC2.O=C(O)C(F)(F)F.O=C(O)C(F)(F)F. The van der Waals surface area contributed by atoms with E-state index in [1.807, 2.05) is 0 Å². The van der Waals surface area contributed by atoms with Gasteiger partial charge in [0.15, 0.2) is 0 Å². The Kier molecular flexibility index (Phi) is 10.6. The highest BCUT2D eigenvalue weighted by Gasteiger charge is 2.43. The number of carbonyl (C=O) groups is 2. The van der Waals surface area contributed by atoms with Gasteiger partial charge in [0.2, 0.25) is 0 Å². The van der Waals surface area contributed by atoms with Crippen molar-refractivity contribution in [2.24, 2.45) is 0 Å². The van der Waals surface area contributed by atoms with Crippen LogP contribution in [0.4, 0.5) is 26.3 Å². The van der Waals surface area contributed by atoms with E-state index < -0.39 is 24.3 Å². The number of fused-ring (bicyclic) bond motifs is 2. The minimum absolute atomic E-state index is 0.188. The van der Waals surface area contributed by atoms with Crippen LogP contribution in [0.3, 0.4) is 0 Å². The summed E-state index contributed by atoms with van der Waals surface area (Å²) in [5.41, 5.74) is 4.66. The van der Waals surface area contributed by atoms with Crippen molar-refractivity contribution in [2.75, 3.05) is 33.8 Å². The lowest BCUT2D eigenvalue weighted by Gasteiger charge is -2.51. The minimum atomic E-state index is -5.08. The highest BCUT2D eigenvalue weighted by molar-refractivity contribution is 7.07. The molecule has 0 radical (unpaired) electrons. The maximum atomic E-state index is 10.6. The van der Waals surface area contributed by atoms with Crippen molar-refractivity contribution in [2.45, 2.75) is 43.7 Å². The second kappa shape index (κ2) is 12.8. The van der Waals surface area contributed by atoms with E-state index in [4.69, 9.17) is 24.5 Å². The molecule has 0 amide bonds. The predicted octanol–water partition coefficient (Wildman–Crippen LogP) is 5.00. The van der Waals surface area contributed by atoms with Crippen molar-refractivity contribution in [1.82, 2.24) is 9.80 Å². The first-order valence-corrected chi connectivity index (χ1v) is 12.3. The van der Waals surface area contributed by atoms with E-state index in [9.17, 15) is 26.3 Å². The highest BCUT2D eigenvalue weighted by atomic mass is 32.1. The van der Waals surface area contributed by atoms with E-state index >= 15 is 0 Å². The third-order valence-corrected chi connectivity index (χ3v) is 7.15. The number of rotatable bonds is 3. The van der Waals surface area contributed by atoms with Crippen LogP contribution in [0.2, 0.25) is 0 Å². The number of ether oxygens (including phenoxy) is 1. The number of halogens is 6. The molecule has 2 N–H and O–H groups in total. The predicted molar refractivity (Wildman–Crippen MR) is 127 cm³/mol. The first-order valence-electron chi connectivity index (χ1n) is 11.3. The molecule has 14 heteroatoms. The number of benzene rings is 1. The number of nitrogens with zero attached hydrogens (tertiary/aromatic N) is 2. The molecule has 38 heavy (non-hydrogen) atoms. The van der Waals surface area contributed by atoms with E-state index in [-0.39, 0.29) is 5.54 Å². The smallest absolute Gasteiger partial charge is 0.490 e.